The predicted octanol–water partition coefficient (Wildman–Crippen LogP) is 4.15. The number of aromatic nitrogens is 2. The Balaban J connectivity index is 1.52. The van der Waals surface area contributed by atoms with E-state index in [2.05, 4.69) is 17.2 Å². The first-order valence-electron chi connectivity index (χ1n) is 12.1. The van der Waals surface area contributed by atoms with Gasteiger partial charge >= 0.3 is 0 Å². The van der Waals surface area contributed by atoms with Crippen molar-refractivity contribution >= 4 is 22.8 Å². The van der Waals surface area contributed by atoms with Gasteiger partial charge in [-0.3, -0.25) is 9.59 Å². The normalized spacial score (nSPS) is 24.7. The van der Waals surface area contributed by atoms with Crippen LogP contribution >= 0.6 is 0 Å². The molecule has 0 spiro atoms. The fraction of sp³-hybridized carbons (Fsp3) is 0.444. The number of nitrogens with zero attached hydrogens (tertiary/aromatic N) is 3. The lowest BCUT2D eigenvalue weighted by atomic mass is 9.86. The van der Waals surface area contributed by atoms with Crippen LogP contribution in [0.5, 0.6) is 5.75 Å². The Bertz CT molecular complexity index is 1230. The molecule has 178 valence electrons. The SMILES string of the molecule is COc1cccc(CN2C(=O)c3nc4ccccc4n3C[C@]2(C)C(=O)NC2CCC(C)CC2)c1. The van der Waals surface area contributed by atoms with Crippen molar-refractivity contribution < 1.29 is 14.3 Å². The van der Waals surface area contributed by atoms with Gasteiger partial charge in [-0.2, -0.15) is 0 Å². The number of fused-ring (bicyclic) bond motifs is 3. The molecule has 0 unspecified atom stereocenters. The molecule has 34 heavy (non-hydrogen) atoms. The zero-order chi connectivity index (χ0) is 23.9. The van der Waals surface area contributed by atoms with Gasteiger partial charge in [0.1, 0.15) is 11.3 Å². The summed E-state index contributed by atoms with van der Waals surface area (Å²) in [4.78, 5) is 34.0. The maximum atomic E-state index is 13.8. The van der Waals surface area contributed by atoms with Crippen LogP contribution in [0.1, 0.15) is 55.7 Å². The van der Waals surface area contributed by atoms with Crippen LogP contribution < -0.4 is 10.1 Å². The maximum Gasteiger partial charge on any atom is 0.291 e. The van der Waals surface area contributed by atoms with Gasteiger partial charge in [-0.25, -0.2) is 4.98 Å². The average molecular weight is 461 g/mol. The van der Waals surface area contributed by atoms with Gasteiger partial charge in [-0.1, -0.05) is 31.2 Å². The lowest BCUT2D eigenvalue weighted by Crippen LogP contribution is -2.64. The van der Waals surface area contributed by atoms with Crippen LogP contribution in [0.25, 0.3) is 11.0 Å². The van der Waals surface area contributed by atoms with Crippen molar-refractivity contribution in [3.63, 3.8) is 0 Å². The van der Waals surface area contributed by atoms with Gasteiger partial charge in [0.15, 0.2) is 5.82 Å². The van der Waals surface area contributed by atoms with E-state index in [-0.39, 0.29) is 17.9 Å². The third-order valence-electron chi connectivity index (χ3n) is 7.47. The van der Waals surface area contributed by atoms with Crippen molar-refractivity contribution in [3.05, 3.63) is 59.9 Å². The van der Waals surface area contributed by atoms with E-state index in [4.69, 9.17) is 4.74 Å². The molecule has 7 heteroatoms. The van der Waals surface area contributed by atoms with Gasteiger partial charge < -0.3 is 19.5 Å². The van der Waals surface area contributed by atoms with Crippen LogP contribution in [-0.2, 0) is 17.9 Å². The van der Waals surface area contributed by atoms with Crippen molar-refractivity contribution in [2.75, 3.05) is 7.11 Å². The Kier molecular flexibility index (Phi) is 5.80. The summed E-state index contributed by atoms with van der Waals surface area (Å²) in [5.74, 6) is 1.45. The van der Waals surface area contributed by atoms with Crippen LogP contribution in [0.15, 0.2) is 48.5 Å². The number of methoxy groups -OCH3 is 1. The number of ether oxygens (including phenoxy) is 1. The number of carbonyl (C=O) groups is 2. The first-order chi connectivity index (χ1) is 16.4. The summed E-state index contributed by atoms with van der Waals surface area (Å²) < 4.78 is 7.28. The molecule has 1 aliphatic heterocycles. The van der Waals surface area contributed by atoms with Crippen LogP contribution in [-0.4, -0.2) is 45.0 Å². The lowest BCUT2D eigenvalue weighted by Gasteiger charge is -2.44. The van der Waals surface area contributed by atoms with E-state index in [0.29, 0.717) is 24.8 Å². The third kappa shape index (κ3) is 3.93. The molecular weight excluding hydrogens is 428 g/mol. The Morgan fingerprint density at radius 1 is 1.15 bits per heavy atom. The van der Waals surface area contributed by atoms with Gasteiger partial charge in [-0.05, 0) is 68.4 Å². The van der Waals surface area contributed by atoms with Crippen molar-refractivity contribution in [2.24, 2.45) is 5.92 Å². The summed E-state index contributed by atoms with van der Waals surface area (Å²) in [6.45, 7) is 4.79. The topological polar surface area (TPSA) is 76.5 Å². The van der Waals surface area contributed by atoms with Gasteiger partial charge in [-0.15, -0.1) is 0 Å². The number of benzene rings is 2. The molecule has 2 amide bonds. The minimum absolute atomic E-state index is 0.105. The Morgan fingerprint density at radius 2 is 1.91 bits per heavy atom. The first kappa shape index (κ1) is 22.4. The third-order valence-corrected chi connectivity index (χ3v) is 7.47. The zero-order valence-corrected chi connectivity index (χ0v) is 20.1. The fourth-order valence-electron chi connectivity index (χ4n) is 5.28. The van der Waals surface area contributed by atoms with Gasteiger partial charge in [0.2, 0.25) is 5.91 Å². The van der Waals surface area contributed by atoms with Gasteiger partial charge in [0.25, 0.3) is 5.91 Å². The van der Waals surface area contributed by atoms with Crippen molar-refractivity contribution in [1.29, 1.82) is 0 Å². The smallest absolute Gasteiger partial charge is 0.291 e. The number of imidazole rings is 1. The molecule has 1 fully saturated rings. The zero-order valence-electron chi connectivity index (χ0n) is 20.1. The van der Waals surface area contributed by atoms with Crippen molar-refractivity contribution in [3.8, 4) is 5.75 Å². The number of carbonyl (C=O) groups excluding carboxylic acids is 2. The Morgan fingerprint density at radius 3 is 2.68 bits per heavy atom. The maximum absolute atomic E-state index is 13.8. The van der Waals surface area contributed by atoms with E-state index >= 15 is 0 Å². The highest BCUT2D eigenvalue weighted by Gasteiger charge is 2.48. The molecule has 1 aromatic heterocycles. The van der Waals surface area contributed by atoms with E-state index in [9.17, 15) is 9.59 Å². The highest BCUT2D eigenvalue weighted by atomic mass is 16.5. The summed E-state index contributed by atoms with van der Waals surface area (Å²) in [6, 6.07) is 15.5. The predicted molar refractivity (Wildman–Crippen MR) is 131 cm³/mol. The quantitative estimate of drug-likeness (QED) is 0.621. The monoisotopic (exact) mass is 460 g/mol. The molecule has 1 saturated carbocycles. The van der Waals surface area contributed by atoms with Crippen LogP contribution in [0, 0.1) is 5.92 Å². The van der Waals surface area contributed by atoms with E-state index in [1.165, 1.54) is 0 Å². The van der Waals surface area contributed by atoms with Crippen LogP contribution in [0.3, 0.4) is 0 Å². The highest BCUT2D eigenvalue weighted by molar-refractivity contribution is 6.01. The van der Waals surface area contributed by atoms with E-state index < -0.39 is 5.54 Å². The molecule has 5 rings (SSSR count). The summed E-state index contributed by atoms with van der Waals surface area (Å²) in [5.41, 5.74) is 1.48. The molecule has 0 bridgehead atoms. The Labute approximate surface area is 200 Å². The minimum atomic E-state index is -1.06. The van der Waals surface area contributed by atoms with E-state index in [0.717, 1.165) is 48.0 Å². The van der Waals surface area contributed by atoms with Gasteiger partial charge in [0.05, 0.1) is 24.7 Å². The number of rotatable bonds is 5. The summed E-state index contributed by atoms with van der Waals surface area (Å²) >= 11 is 0. The summed E-state index contributed by atoms with van der Waals surface area (Å²) in [5, 5.41) is 3.29. The molecule has 3 aromatic rings. The molecule has 1 atom stereocenters. The van der Waals surface area contributed by atoms with Crippen LogP contribution in [0.4, 0.5) is 0 Å². The lowest BCUT2D eigenvalue weighted by molar-refractivity contribution is -0.134. The van der Waals surface area contributed by atoms with E-state index in [1.54, 1.807) is 12.0 Å². The number of amides is 2. The molecule has 2 aromatic carbocycles. The fourth-order valence-corrected chi connectivity index (χ4v) is 5.28. The summed E-state index contributed by atoms with van der Waals surface area (Å²) in [7, 11) is 1.62. The summed E-state index contributed by atoms with van der Waals surface area (Å²) in [6.07, 6.45) is 4.19. The van der Waals surface area contributed by atoms with Crippen molar-refractivity contribution in [2.45, 2.75) is 64.2 Å². The molecule has 1 N–H and O–H groups in total. The second kappa shape index (κ2) is 8.78. The van der Waals surface area contributed by atoms with Crippen molar-refractivity contribution in [1.82, 2.24) is 19.8 Å². The second-order valence-corrected chi connectivity index (χ2v) is 9.96. The molecular formula is C27H32N4O3. The standard InChI is InChI=1S/C27H32N4O3/c1-18-11-13-20(14-12-18)28-26(33)27(2)17-30-23-10-5-4-9-22(23)29-24(30)25(32)31(27)16-19-7-6-8-21(15-19)34-3/h4-10,15,18,20H,11-14,16-17H2,1-3H3,(H,28,33)/t18?,20?,27-/m1/s1. The molecule has 0 radical (unpaired) electrons. The average Bonchev–Trinajstić information content (AvgIpc) is 3.22. The molecule has 2 aliphatic rings. The number of hydrogen-bond donors (Lipinski definition) is 1. The largest absolute Gasteiger partial charge is 0.497 e. The van der Waals surface area contributed by atoms with Crippen LogP contribution in [0.2, 0.25) is 0 Å². The van der Waals surface area contributed by atoms with E-state index in [1.807, 2.05) is 60.0 Å². The minimum Gasteiger partial charge on any atom is -0.497 e. The number of hydrogen-bond acceptors (Lipinski definition) is 4. The molecule has 0 saturated heterocycles. The first-order valence-corrected chi connectivity index (χ1v) is 12.1. The number of nitrogens with one attached hydrogen (secondary N) is 1. The molecule has 1 aliphatic carbocycles. The molecule has 7 nitrogen and oxygen atoms in total. The number of para-hydroxylation sites is 2. The highest BCUT2D eigenvalue weighted by Crippen LogP contribution is 2.33. The molecule has 2 heterocycles. The Hall–Kier alpha value is -3.35. The second-order valence-electron chi connectivity index (χ2n) is 9.96. The van der Waals surface area contributed by atoms with Gasteiger partial charge in [0, 0.05) is 12.6 Å².